The second-order valence-corrected chi connectivity index (χ2v) is 8.35. The molecule has 2 saturated heterocycles. The number of nitrogens with zero attached hydrogens (tertiary/aromatic N) is 4. The van der Waals surface area contributed by atoms with Crippen molar-refractivity contribution in [2.24, 2.45) is 0 Å². The van der Waals surface area contributed by atoms with E-state index in [-0.39, 0.29) is 0 Å². The van der Waals surface area contributed by atoms with Crippen LogP contribution in [-0.4, -0.2) is 50.2 Å². The van der Waals surface area contributed by atoms with E-state index in [1.165, 1.54) is 25.7 Å². The highest BCUT2D eigenvalue weighted by Gasteiger charge is 2.38. The van der Waals surface area contributed by atoms with Gasteiger partial charge < -0.3 is 15.5 Å². The van der Waals surface area contributed by atoms with Crippen LogP contribution in [0.15, 0.2) is 17.5 Å². The number of aryl methyl sites for hydroxylation is 1. The Labute approximate surface area is 156 Å². The average Bonchev–Trinajstić information content (AvgIpc) is 3.28. The maximum absolute atomic E-state index is 4.77. The van der Waals surface area contributed by atoms with Crippen LogP contribution in [-0.2, 0) is 0 Å². The summed E-state index contributed by atoms with van der Waals surface area (Å²) >= 11 is 1.64. The number of hydrogen-bond acceptors (Lipinski definition) is 7. The molecular formula is C18H23N7S. The van der Waals surface area contributed by atoms with Gasteiger partial charge in [-0.15, -0.1) is 11.3 Å². The molecule has 3 atom stereocenters. The fourth-order valence-electron chi connectivity index (χ4n) is 4.33. The maximum atomic E-state index is 4.77. The van der Waals surface area contributed by atoms with Crippen molar-refractivity contribution < 1.29 is 0 Å². The number of H-pyrrole nitrogens is 1. The van der Waals surface area contributed by atoms with Crippen LogP contribution in [0.25, 0.3) is 10.2 Å². The Morgan fingerprint density at radius 1 is 1.23 bits per heavy atom. The third-order valence-electron chi connectivity index (χ3n) is 5.71. The second kappa shape index (κ2) is 6.21. The van der Waals surface area contributed by atoms with Gasteiger partial charge in [-0.3, -0.25) is 5.10 Å². The minimum Gasteiger partial charge on any atom is -0.351 e. The van der Waals surface area contributed by atoms with Gasteiger partial charge in [0.25, 0.3) is 0 Å². The molecule has 8 heteroatoms. The third kappa shape index (κ3) is 2.83. The van der Waals surface area contributed by atoms with Crippen molar-refractivity contribution in [1.82, 2.24) is 25.1 Å². The summed E-state index contributed by atoms with van der Waals surface area (Å²) in [4.78, 5) is 13.1. The molecule has 1 unspecified atom stereocenters. The molecule has 0 saturated carbocycles. The molecule has 0 amide bonds. The lowest BCUT2D eigenvalue weighted by Crippen LogP contribution is -2.44. The zero-order valence-electron chi connectivity index (χ0n) is 15.0. The van der Waals surface area contributed by atoms with Crippen molar-refractivity contribution in [2.75, 3.05) is 17.7 Å². The molecule has 7 nitrogen and oxygen atoms in total. The van der Waals surface area contributed by atoms with Gasteiger partial charge >= 0.3 is 0 Å². The summed E-state index contributed by atoms with van der Waals surface area (Å²) in [5.41, 5.74) is 1.02. The molecule has 3 N–H and O–H groups in total. The SMILES string of the molecule is Cc1cc(Nc2nc(NC3C[C@H]4CC[C@@H](C3)N4C)nc3sccc23)n[nH]1. The molecule has 26 heavy (non-hydrogen) atoms. The molecule has 0 radical (unpaired) electrons. The third-order valence-corrected chi connectivity index (χ3v) is 6.52. The predicted octanol–water partition coefficient (Wildman–Crippen LogP) is 3.50. The van der Waals surface area contributed by atoms with Gasteiger partial charge in [-0.2, -0.15) is 10.1 Å². The molecular weight excluding hydrogens is 346 g/mol. The predicted molar refractivity (Wildman–Crippen MR) is 105 cm³/mol. The van der Waals surface area contributed by atoms with E-state index >= 15 is 0 Å². The van der Waals surface area contributed by atoms with Crippen LogP contribution in [0.1, 0.15) is 31.4 Å². The van der Waals surface area contributed by atoms with E-state index in [2.05, 4.69) is 44.2 Å². The van der Waals surface area contributed by atoms with Gasteiger partial charge in [-0.25, -0.2) is 4.98 Å². The molecule has 2 bridgehead atoms. The van der Waals surface area contributed by atoms with Crippen LogP contribution in [0.2, 0.25) is 0 Å². The van der Waals surface area contributed by atoms with Gasteiger partial charge in [0.1, 0.15) is 10.6 Å². The summed E-state index contributed by atoms with van der Waals surface area (Å²) in [7, 11) is 2.26. The molecule has 0 aromatic carbocycles. The second-order valence-electron chi connectivity index (χ2n) is 7.46. The summed E-state index contributed by atoms with van der Waals surface area (Å²) in [5.74, 6) is 2.29. The van der Waals surface area contributed by atoms with Gasteiger partial charge in [0.15, 0.2) is 5.82 Å². The normalized spacial score (nSPS) is 25.7. The standard InChI is InChI=1S/C18H23N7S/c1-10-7-15(24-23-10)20-16-14-5-6-26-17(14)22-18(21-16)19-11-8-12-3-4-13(9-11)25(12)2/h5-7,11-13H,3-4,8-9H2,1-2H3,(H3,19,20,21,22,23,24)/t11?,12-,13+. The summed E-state index contributed by atoms with van der Waals surface area (Å²) < 4.78 is 0. The Morgan fingerprint density at radius 3 is 2.77 bits per heavy atom. The van der Waals surface area contributed by atoms with Crippen molar-refractivity contribution in [3.8, 4) is 0 Å². The first-order valence-corrected chi connectivity index (χ1v) is 10.1. The van der Waals surface area contributed by atoms with E-state index in [0.29, 0.717) is 24.1 Å². The van der Waals surface area contributed by atoms with Gasteiger partial charge in [-0.1, -0.05) is 0 Å². The molecule has 2 aliphatic rings. The maximum Gasteiger partial charge on any atom is 0.226 e. The van der Waals surface area contributed by atoms with E-state index in [4.69, 9.17) is 9.97 Å². The van der Waals surface area contributed by atoms with E-state index in [1.807, 2.05) is 13.0 Å². The highest BCUT2D eigenvalue weighted by atomic mass is 32.1. The quantitative estimate of drug-likeness (QED) is 0.653. The van der Waals surface area contributed by atoms with Crippen LogP contribution in [0, 0.1) is 6.92 Å². The smallest absolute Gasteiger partial charge is 0.226 e. The molecule has 5 heterocycles. The van der Waals surface area contributed by atoms with Crippen molar-refractivity contribution in [2.45, 2.75) is 50.7 Å². The number of piperidine rings is 1. The molecule has 2 aliphatic heterocycles. The van der Waals surface area contributed by atoms with E-state index in [9.17, 15) is 0 Å². The molecule has 136 valence electrons. The molecule has 2 fully saturated rings. The van der Waals surface area contributed by atoms with Gasteiger partial charge in [0.05, 0.1) is 5.39 Å². The lowest BCUT2D eigenvalue weighted by atomic mass is 9.98. The number of hydrogen-bond donors (Lipinski definition) is 3. The van der Waals surface area contributed by atoms with Crippen LogP contribution in [0.4, 0.5) is 17.6 Å². The lowest BCUT2D eigenvalue weighted by Gasteiger charge is -2.36. The highest BCUT2D eigenvalue weighted by Crippen LogP contribution is 2.36. The van der Waals surface area contributed by atoms with Crippen LogP contribution in [0.5, 0.6) is 0 Å². The first-order chi connectivity index (χ1) is 12.7. The summed E-state index contributed by atoms with van der Waals surface area (Å²) in [6.07, 6.45) is 4.96. The summed E-state index contributed by atoms with van der Waals surface area (Å²) in [6.45, 7) is 1.99. The van der Waals surface area contributed by atoms with E-state index in [1.54, 1.807) is 11.3 Å². The Kier molecular flexibility index (Phi) is 3.82. The van der Waals surface area contributed by atoms with Crippen LogP contribution < -0.4 is 10.6 Å². The Bertz CT molecular complexity index is 919. The van der Waals surface area contributed by atoms with E-state index in [0.717, 1.165) is 27.5 Å². The topological polar surface area (TPSA) is 81.8 Å². The fraction of sp³-hybridized carbons (Fsp3) is 0.500. The largest absolute Gasteiger partial charge is 0.351 e. The van der Waals surface area contributed by atoms with Crippen molar-refractivity contribution in [3.63, 3.8) is 0 Å². The average molecular weight is 369 g/mol. The lowest BCUT2D eigenvalue weighted by molar-refractivity contribution is 0.168. The number of anilines is 3. The number of rotatable bonds is 4. The number of nitrogens with one attached hydrogen (secondary N) is 3. The van der Waals surface area contributed by atoms with Crippen molar-refractivity contribution in [1.29, 1.82) is 0 Å². The molecule has 5 rings (SSSR count). The van der Waals surface area contributed by atoms with Crippen LogP contribution in [0.3, 0.4) is 0 Å². The number of thiophene rings is 1. The molecule has 3 aromatic heterocycles. The van der Waals surface area contributed by atoms with Crippen LogP contribution >= 0.6 is 11.3 Å². The molecule has 0 aliphatic carbocycles. The Hall–Kier alpha value is -2.19. The summed E-state index contributed by atoms with van der Waals surface area (Å²) in [6, 6.07) is 5.87. The minimum atomic E-state index is 0.446. The molecule has 3 aromatic rings. The zero-order valence-corrected chi connectivity index (χ0v) is 15.8. The monoisotopic (exact) mass is 369 g/mol. The number of fused-ring (bicyclic) bond motifs is 3. The van der Waals surface area contributed by atoms with Gasteiger partial charge in [0, 0.05) is 29.9 Å². The Balaban J connectivity index is 1.41. The van der Waals surface area contributed by atoms with E-state index < -0.39 is 0 Å². The van der Waals surface area contributed by atoms with Gasteiger partial charge in [-0.05, 0) is 51.1 Å². The highest BCUT2D eigenvalue weighted by molar-refractivity contribution is 7.16. The van der Waals surface area contributed by atoms with Crippen molar-refractivity contribution in [3.05, 3.63) is 23.2 Å². The minimum absolute atomic E-state index is 0.446. The number of aromatic amines is 1. The van der Waals surface area contributed by atoms with Crippen molar-refractivity contribution >= 4 is 39.1 Å². The first kappa shape index (κ1) is 16.0. The zero-order chi connectivity index (χ0) is 17.7. The van der Waals surface area contributed by atoms with Gasteiger partial charge in [0.2, 0.25) is 5.95 Å². The first-order valence-electron chi connectivity index (χ1n) is 9.18. The number of aromatic nitrogens is 4. The summed E-state index contributed by atoms with van der Waals surface area (Å²) in [5, 5.41) is 17.2. The fourth-order valence-corrected chi connectivity index (χ4v) is 5.09. The molecule has 0 spiro atoms. The Morgan fingerprint density at radius 2 is 2.04 bits per heavy atom.